The standard InChI is InChI=1S/C10H7N3O2/c14-10(15)7-1-2-8(13-5-7)9-6-11-3-4-12-9/h1-6H,(H,14,15). The first-order valence-corrected chi connectivity index (χ1v) is 4.23. The Morgan fingerprint density at radius 3 is 2.47 bits per heavy atom. The fourth-order valence-electron chi connectivity index (χ4n) is 1.10. The monoisotopic (exact) mass is 201 g/mol. The Morgan fingerprint density at radius 1 is 1.07 bits per heavy atom. The normalized spacial score (nSPS) is 9.87. The van der Waals surface area contributed by atoms with Gasteiger partial charge in [0.1, 0.15) is 5.69 Å². The number of carboxylic acid groups (broad SMARTS) is 1. The van der Waals surface area contributed by atoms with E-state index in [9.17, 15) is 4.79 Å². The Kier molecular flexibility index (Phi) is 2.37. The third kappa shape index (κ3) is 1.96. The molecular weight excluding hydrogens is 194 g/mol. The molecule has 0 aliphatic carbocycles. The lowest BCUT2D eigenvalue weighted by molar-refractivity contribution is 0.0696. The highest BCUT2D eigenvalue weighted by molar-refractivity contribution is 5.87. The summed E-state index contributed by atoms with van der Waals surface area (Å²) in [7, 11) is 0. The van der Waals surface area contributed by atoms with E-state index in [2.05, 4.69) is 15.0 Å². The average Bonchev–Trinajstić information content (AvgIpc) is 2.30. The Morgan fingerprint density at radius 2 is 1.93 bits per heavy atom. The first-order chi connectivity index (χ1) is 7.27. The molecule has 0 saturated carbocycles. The van der Waals surface area contributed by atoms with Gasteiger partial charge in [-0.25, -0.2) is 4.79 Å². The summed E-state index contributed by atoms with van der Waals surface area (Å²) in [6, 6.07) is 3.09. The molecule has 0 aromatic carbocycles. The third-order valence-electron chi connectivity index (χ3n) is 1.84. The van der Waals surface area contributed by atoms with Gasteiger partial charge in [-0.05, 0) is 12.1 Å². The predicted octanol–water partition coefficient (Wildman–Crippen LogP) is 1.24. The fraction of sp³-hybridized carbons (Fsp3) is 0. The van der Waals surface area contributed by atoms with E-state index in [0.29, 0.717) is 11.4 Å². The van der Waals surface area contributed by atoms with E-state index < -0.39 is 5.97 Å². The summed E-state index contributed by atoms with van der Waals surface area (Å²) in [5, 5.41) is 8.68. The van der Waals surface area contributed by atoms with Gasteiger partial charge in [-0.3, -0.25) is 15.0 Å². The van der Waals surface area contributed by atoms with Gasteiger partial charge < -0.3 is 5.11 Å². The molecule has 5 nitrogen and oxygen atoms in total. The van der Waals surface area contributed by atoms with Gasteiger partial charge in [-0.1, -0.05) is 0 Å². The highest BCUT2D eigenvalue weighted by atomic mass is 16.4. The van der Waals surface area contributed by atoms with Crippen molar-refractivity contribution >= 4 is 5.97 Å². The third-order valence-corrected chi connectivity index (χ3v) is 1.84. The van der Waals surface area contributed by atoms with Crippen molar-refractivity contribution in [1.82, 2.24) is 15.0 Å². The maximum absolute atomic E-state index is 10.6. The van der Waals surface area contributed by atoms with Crippen molar-refractivity contribution in [2.75, 3.05) is 0 Å². The van der Waals surface area contributed by atoms with Gasteiger partial charge in [-0.2, -0.15) is 0 Å². The van der Waals surface area contributed by atoms with Crippen molar-refractivity contribution in [2.45, 2.75) is 0 Å². The van der Waals surface area contributed by atoms with E-state index >= 15 is 0 Å². The second kappa shape index (κ2) is 3.83. The number of rotatable bonds is 2. The van der Waals surface area contributed by atoms with Crippen LogP contribution in [0, 0.1) is 0 Å². The molecule has 2 rings (SSSR count). The lowest BCUT2D eigenvalue weighted by Gasteiger charge is -1.98. The molecule has 0 saturated heterocycles. The van der Waals surface area contributed by atoms with Crippen molar-refractivity contribution in [3.63, 3.8) is 0 Å². The van der Waals surface area contributed by atoms with E-state index in [1.165, 1.54) is 12.3 Å². The molecule has 0 aliphatic heterocycles. The molecule has 0 amide bonds. The number of hydrogen-bond donors (Lipinski definition) is 1. The molecule has 1 N–H and O–H groups in total. The Hall–Kier alpha value is -2.30. The minimum absolute atomic E-state index is 0.155. The largest absolute Gasteiger partial charge is 0.478 e. The van der Waals surface area contributed by atoms with E-state index in [0.717, 1.165) is 0 Å². The molecule has 0 radical (unpaired) electrons. The molecule has 0 unspecified atom stereocenters. The van der Waals surface area contributed by atoms with Crippen LogP contribution in [0.3, 0.4) is 0 Å². The predicted molar refractivity (Wildman–Crippen MR) is 52.2 cm³/mol. The number of aromatic carboxylic acids is 1. The van der Waals surface area contributed by atoms with Crippen LogP contribution in [0.15, 0.2) is 36.9 Å². The van der Waals surface area contributed by atoms with E-state index in [4.69, 9.17) is 5.11 Å². The first-order valence-electron chi connectivity index (χ1n) is 4.23. The molecule has 0 spiro atoms. The van der Waals surface area contributed by atoms with Gasteiger partial charge in [0.25, 0.3) is 0 Å². The number of nitrogens with zero attached hydrogens (tertiary/aromatic N) is 3. The van der Waals surface area contributed by atoms with Crippen LogP contribution in [0.25, 0.3) is 11.4 Å². The number of hydrogen-bond acceptors (Lipinski definition) is 4. The topological polar surface area (TPSA) is 76.0 Å². The van der Waals surface area contributed by atoms with Gasteiger partial charge in [0, 0.05) is 18.6 Å². The Balaban J connectivity index is 2.36. The molecule has 0 atom stereocenters. The van der Waals surface area contributed by atoms with Gasteiger partial charge >= 0.3 is 5.97 Å². The number of carboxylic acids is 1. The van der Waals surface area contributed by atoms with Crippen LogP contribution in [0.1, 0.15) is 10.4 Å². The van der Waals surface area contributed by atoms with Crippen LogP contribution < -0.4 is 0 Å². The smallest absolute Gasteiger partial charge is 0.337 e. The molecule has 15 heavy (non-hydrogen) atoms. The highest BCUT2D eigenvalue weighted by Crippen LogP contribution is 2.12. The van der Waals surface area contributed by atoms with Crippen molar-refractivity contribution in [2.24, 2.45) is 0 Å². The minimum atomic E-state index is -0.992. The van der Waals surface area contributed by atoms with Crippen molar-refractivity contribution in [3.8, 4) is 11.4 Å². The van der Waals surface area contributed by atoms with Gasteiger partial charge in [0.2, 0.25) is 0 Å². The number of pyridine rings is 1. The molecule has 0 aliphatic rings. The van der Waals surface area contributed by atoms with E-state index in [1.807, 2.05) is 0 Å². The van der Waals surface area contributed by atoms with Gasteiger partial charge in [0.15, 0.2) is 0 Å². The molecule has 0 bridgehead atoms. The maximum atomic E-state index is 10.6. The molecule has 2 aromatic rings. The summed E-state index contributed by atoms with van der Waals surface area (Å²) < 4.78 is 0. The molecule has 2 heterocycles. The first kappa shape index (κ1) is 9.26. The summed E-state index contributed by atoms with van der Waals surface area (Å²) >= 11 is 0. The second-order valence-electron chi connectivity index (χ2n) is 2.83. The fourth-order valence-corrected chi connectivity index (χ4v) is 1.10. The van der Waals surface area contributed by atoms with E-state index in [-0.39, 0.29) is 5.56 Å². The van der Waals surface area contributed by atoms with Crippen LogP contribution in [0.5, 0.6) is 0 Å². The van der Waals surface area contributed by atoms with Crippen LogP contribution in [0.4, 0.5) is 0 Å². The van der Waals surface area contributed by atoms with Crippen LogP contribution >= 0.6 is 0 Å². The molecule has 0 fully saturated rings. The molecule has 5 heteroatoms. The molecule has 74 valence electrons. The summed E-state index contributed by atoms with van der Waals surface area (Å²) in [6.07, 6.45) is 5.99. The van der Waals surface area contributed by atoms with Crippen molar-refractivity contribution in [1.29, 1.82) is 0 Å². The average molecular weight is 201 g/mol. The lowest BCUT2D eigenvalue weighted by atomic mass is 10.2. The summed E-state index contributed by atoms with van der Waals surface area (Å²) in [4.78, 5) is 22.5. The number of carbonyl (C=O) groups is 1. The summed E-state index contributed by atoms with van der Waals surface area (Å²) in [6.45, 7) is 0. The summed E-state index contributed by atoms with van der Waals surface area (Å²) in [5.41, 5.74) is 1.38. The molecular formula is C10H7N3O2. The van der Waals surface area contributed by atoms with Crippen LogP contribution in [-0.2, 0) is 0 Å². The van der Waals surface area contributed by atoms with Gasteiger partial charge in [-0.15, -0.1) is 0 Å². The Labute approximate surface area is 85.5 Å². The van der Waals surface area contributed by atoms with E-state index in [1.54, 1.807) is 24.7 Å². The summed E-state index contributed by atoms with van der Waals surface area (Å²) in [5.74, 6) is -0.992. The minimum Gasteiger partial charge on any atom is -0.478 e. The maximum Gasteiger partial charge on any atom is 0.337 e. The van der Waals surface area contributed by atoms with Crippen LogP contribution in [-0.4, -0.2) is 26.0 Å². The quantitative estimate of drug-likeness (QED) is 0.790. The van der Waals surface area contributed by atoms with Gasteiger partial charge in [0.05, 0.1) is 17.5 Å². The molecule has 2 aromatic heterocycles. The second-order valence-corrected chi connectivity index (χ2v) is 2.83. The zero-order chi connectivity index (χ0) is 10.7. The highest BCUT2D eigenvalue weighted by Gasteiger charge is 2.04. The van der Waals surface area contributed by atoms with Crippen LogP contribution in [0.2, 0.25) is 0 Å². The van der Waals surface area contributed by atoms with Crippen molar-refractivity contribution in [3.05, 3.63) is 42.5 Å². The zero-order valence-electron chi connectivity index (χ0n) is 7.66. The SMILES string of the molecule is O=C(O)c1ccc(-c2cnccn2)nc1. The zero-order valence-corrected chi connectivity index (χ0v) is 7.66. The lowest BCUT2D eigenvalue weighted by Crippen LogP contribution is -1.97. The number of aromatic nitrogens is 3. The van der Waals surface area contributed by atoms with Crippen molar-refractivity contribution < 1.29 is 9.90 Å². The Bertz CT molecular complexity index is 468.